The Balaban J connectivity index is 1.20. The molecule has 0 aliphatic carbocycles. The van der Waals surface area contributed by atoms with Gasteiger partial charge in [-0.25, -0.2) is 0 Å². The molecule has 43 heavy (non-hydrogen) atoms. The van der Waals surface area contributed by atoms with Crippen LogP contribution >= 0.6 is 0 Å². The Morgan fingerprint density at radius 2 is 0.953 bits per heavy atom. The second-order valence-electron chi connectivity index (χ2n) is 11.1. The molecule has 202 valence electrons. The van der Waals surface area contributed by atoms with Crippen molar-refractivity contribution in [2.75, 3.05) is 0 Å². The average molecular weight is 548 g/mol. The van der Waals surface area contributed by atoms with E-state index in [1.807, 2.05) is 12.3 Å². The van der Waals surface area contributed by atoms with Crippen LogP contribution in [0.15, 0.2) is 163 Å². The molecule has 0 saturated heterocycles. The first-order valence-corrected chi connectivity index (χ1v) is 14.9. The number of aliphatic imine (C=N–C) groups is 1. The summed E-state index contributed by atoms with van der Waals surface area (Å²) in [4.78, 5) is 4.75. The molecule has 0 radical (unpaired) electrons. The molecule has 0 N–H and O–H groups in total. The van der Waals surface area contributed by atoms with Crippen molar-refractivity contribution >= 4 is 49.8 Å². The van der Waals surface area contributed by atoms with Crippen molar-refractivity contribution in [1.82, 2.24) is 0 Å². The van der Waals surface area contributed by atoms with Gasteiger partial charge in [0.15, 0.2) is 0 Å². The highest BCUT2D eigenvalue weighted by Crippen LogP contribution is 2.38. The molecule has 1 aliphatic heterocycles. The van der Waals surface area contributed by atoms with Crippen molar-refractivity contribution in [2.45, 2.75) is 6.42 Å². The summed E-state index contributed by atoms with van der Waals surface area (Å²) in [6.45, 7) is 0. The fraction of sp³-hybridized carbons (Fsp3) is 0.0238. The van der Waals surface area contributed by atoms with Crippen molar-refractivity contribution in [3.8, 4) is 22.3 Å². The number of fused-ring (bicyclic) bond motifs is 6. The first kappa shape index (κ1) is 25.2. The third kappa shape index (κ3) is 4.56. The molecule has 0 amide bonds. The number of nitrogens with zero attached hydrogens (tertiary/aromatic N) is 1. The summed E-state index contributed by atoms with van der Waals surface area (Å²) in [7, 11) is 0. The topological polar surface area (TPSA) is 12.4 Å². The summed E-state index contributed by atoms with van der Waals surface area (Å²) in [6, 6.07) is 52.6. The van der Waals surface area contributed by atoms with Crippen molar-refractivity contribution in [1.29, 1.82) is 0 Å². The molecule has 0 atom stereocenters. The highest BCUT2D eigenvalue weighted by Gasteiger charge is 2.13. The maximum Gasteiger partial charge on any atom is 0.0665 e. The Morgan fingerprint density at radius 3 is 1.70 bits per heavy atom. The second kappa shape index (κ2) is 10.7. The van der Waals surface area contributed by atoms with Gasteiger partial charge in [-0.3, -0.25) is 4.99 Å². The third-order valence-electron chi connectivity index (χ3n) is 8.60. The van der Waals surface area contributed by atoms with Crippen LogP contribution in [0.3, 0.4) is 0 Å². The van der Waals surface area contributed by atoms with E-state index in [-0.39, 0.29) is 0 Å². The lowest BCUT2D eigenvalue weighted by Gasteiger charge is -2.14. The van der Waals surface area contributed by atoms with Gasteiger partial charge in [-0.05, 0) is 95.9 Å². The Kier molecular flexibility index (Phi) is 6.27. The maximum atomic E-state index is 4.75. The molecule has 1 aliphatic rings. The smallest absolute Gasteiger partial charge is 0.0665 e. The van der Waals surface area contributed by atoms with Crippen molar-refractivity contribution in [3.63, 3.8) is 0 Å². The molecule has 1 nitrogen and oxygen atoms in total. The highest BCUT2D eigenvalue weighted by molar-refractivity contribution is 6.25. The molecule has 1 heteroatoms. The molecule has 0 fully saturated rings. The first-order valence-electron chi connectivity index (χ1n) is 14.9. The normalized spacial score (nSPS) is 13.2. The Labute approximate surface area is 251 Å². The van der Waals surface area contributed by atoms with Gasteiger partial charge in [0, 0.05) is 6.21 Å². The molecule has 0 aromatic heterocycles. The van der Waals surface area contributed by atoms with Crippen LogP contribution in [0.4, 0.5) is 0 Å². The third-order valence-corrected chi connectivity index (χ3v) is 8.60. The van der Waals surface area contributed by atoms with Crippen LogP contribution in [0.1, 0.15) is 17.5 Å². The monoisotopic (exact) mass is 547 g/mol. The Hall–Kier alpha value is -5.53. The van der Waals surface area contributed by atoms with Gasteiger partial charge in [0.25, 0.3) is 0 Å². The van der Waals surface area contributed by atoms with Crippen LogP contribution in [-0.4, -0.2) is 6.21 Å². The lowest BCUT2D eigenvalue weighted by molar-refractivity contribution is 1.38. The van der Waals surface area contributed by atoms with Gasteiger partial charge in [0.05, 0.1) is 5.70 Å². The molecular weight excluding hydrogens is 518 g/mol. The van der Waals surface area contributed by atoms with E-state index in [2.05, 4.69) is 152 Å². The molecule has 1 heterocycles. The summed E-state index contributed by atoms with van der Waals surface area (Å²) < 4.78 is 0. The Bertz CT molecular complexity index is 2210. The van der Waals surface area contributed by atoms with Crippen LogP contribution in [0.2, 0.25) is 0 Å². The minimum atomic E-state index is 0.826. The van der Waals surface area contributed by atoms with Crippen molar-refractivity contribution in [3.05, 3.63) is 169 Å². The predicted molar refractivity (Wildman–Crippen MR) is 185 cm³/mol. The number of benzene rings is 7. The van der Waals surface area contributed by atoms with E-state index in [9.17, 15) is 0 Å². The summed E-state index contributed by atoms with van der Waals surface area (Å²) in [6.07, 6.45) is 7.17. The van der Waals surface area contributed by atoms with Crippen LogP contribution < -0.4 is 0 Å². The van der Waals surface area contributed by atoms with E-state index in [1.165, 1.54) is 65.7 Å². The van der Waals surface area contributed by atoms with E-state index in [0.29, 0.717) is 0 Å². The van der Waals surface area contributed by atoms with Gasteiger partial charge in [-0.15, -0.1) is 0 Å². The average Bonchev–Trinajstić information content (AvgIpc) is 3.35. The molecule has 7 aromatic carbocycles. The summed E-state index contributed by atoms with van der Waals surface area (Å²) >= 11 is 0. The van der Waals surface area contributed by atoms with E-state index in [1.54, 1.807) is 0 Å². The zero-order valence-corrected chi connectivity index (χ0v) is 23.7. The number of allylic oxidation sites excluding steroid dienone is 3. The molecular formula is C42H29N. The SMILES string of the molecule is C1=NC(c2ccccc2)=CCC(c2ccccc2-c2cccc(-c3ccc4c5ccccc5c5ccccc5c4c3)c2)=C1. The van der Waals surface area contributed by atoms with Gasteiger partial charge in [0.2, 0.25) is 0 Å². The lowest BCUT2D eigenvalue weighted by atomic mass is 9.89. The number of hydrogen-bond acceptors (Lipinski definition) is 1. The fourth-order valence-electron chi connectivity index (χ4n) is 6.50. The fourth-order valence-corrected chi connectivity index (χ4v) is 6.50. The lowest BCUT2D eigenvalue weighted by Crippen LogP contribution is -1.91. The van der Waals surface area contributed by atoms with Gasteiger partial charge in [0.1, 0.15) is 0 Å². The first-order chi connectivity index (χ1) is 21.3. The van der Waals surface area contributed by atoms with Gasteiger partial charge < -0.3 is 0 Å². The molecule has 0 bridgehead atoms. The minimum Gasteiger partial charge on any atom is -0.257 e. The van der Waals surface area contributed by atoms with Crippen LogP contribution in [0.25, 0.3) is 65.8 Å². The second-order valence-corrected chi connectivity index (χ2v) is 11.1. The van der Waals surface area contributed by atoms with Crippen LogP contribution in [0, 0.1) is 0 Å². The van der Waals surface area contributed by atoms with E-state index >= 15 is 0 Å². The molecule has 0 spiro atoms. The highest BCUT2D eigenvalue weighted by atomic mass is 14.7. The molecule has 0 saturated carbocycles. The number of rotatable bonds is 4. The van der Waals surface area contributed by atoms with Crippen LogP contribution in [0.5, 0.6) is 0 Å². The molecule has 8 rings (SSSR count). The largest absolute Gasteiger partial charge is 0.257 e. The standard InChI is InChI=1S/C42H29N/c1-2-11-30(12-3-1)42-24-22-29(25-26-43-42)34-15-4-5-16-35(34)33-14-10-13-31(27-33)32-21-23-40-38-19-7-6-17-36(38)37-18-8-9-20-39(37)41(40)28-32/h1-21,23-28H,22H2. The predicted octanol–water partition coefficient (Wildman–Crippen LogP) is 11.4. The van der Waals surface area contributed by atoms with Crippen LogP contribution in [-0.2, 0) is 0 Å². The number of hydrogen-bond donors (Lipinski definition) is 0. The minimum absolute atomic E-state index is 0.826. The van der Waals surface area contributed by atoms with E-state index in [0.717, 1.165) is 17.7 Å². The summed E-state index contributed by atoms with van der Waals surface area (Å²) in [5, 5.41) is 7.79. The zero-order valence-electron chi connectivity index (χ0n) is 23.7. The quantitative estimate of drug-likeness (QED) is 0.194. The van der Waals surface area contributed by atoms with E-state index < -0.39 is 0 Å². The van der Waals surface area contributed by atoms with Crippen molar-refractivity contribution in [2.24, 2.45) is 4.99 Å². The Morgan fingerprint density at radius 1 is 0.395 bits per heavy atom. The summed E-state index contributed by atoms with van der Waals surface area (Å²) in [5.74, 6) is 0. The van der Waals surface area contributed by atoms with Gasteiger partial charge in [-0.2, -0.15) is 0 Å². The summed E-state index contributed by atoms with van der Waals surface area (Å²) in [5.41, 5.74) is 9.56. The maximum absolute atomic E-state index is 4.75. The molecule has 7 aromatic rings. The van der Waals surface area contributed by atoms with Gasteiger partial charge >= 0.3 is 0 Å². The van der Waals surface area contributed by atoms with Gasteiger partial charge in [-0.1, -0.05) is 140 Å². The molecule has 0 unspecified atom stereocenters. The van der Waals surface area contributed by atoms with E-state index in [4.69, 9.17) is 4.99 Å². The van der Waals surface area contributed by atoms with Crippen molar-refractivity contribution < 1.29 is 0 Å². The zero-order chi connectivity index (χ0) is 28.6.